The molecule has 37 heavy (non-hydrogen) atoms. The van der Waals surface area contributed by atoms with E-state index in [2.05, 4.69) is 23.5 Å². The first-order chi connectivity index (χ1) is 17.8. The molecule has 0 aliphatic heterocycles. The maximum Gasteiger partial charge on any atom is 0.357 e. The summed E-state index contributed by atoms with van der Waals surface area (Å²) in [5, 5.41) is 6.11. The molecule has 0 radical (unpaired) electrons. The molecule has 194 valence electrons. The van der Waals surface area contributed by atoms with E-state index >= 15 is 0 Å². The lowest BCUT2D eigenvalue weighted by molar-refractivity contribution is -0.123. The average Bonchev–Trinajstić information content (AvgIpc) is 3.38. The smallest absolute Gasteiger partial charge is 0.346 e. The van der Waals surface area contributed by atoms with E-state index in [1.54, 1.807) is 24.3 Å². The quantitative estimate of drug-likeness (QED) is 0.269. The van der Waals surface area contributed by atoms with Gasteiger partial charge in [0.25, 0.3) is 0 Å². The molecule has 1 aliphatic rings. The second kappa shape index (κ2) is 12.3. The van der Waals surface area contributed by atoms with Crippen molar-refractivity contribution in [2.24, 2.45) is 0 Å². The van der Waals surface area contributed by atoms with Gasteiger partial charge in [0, 0.05) is 5.38 Å². The van der Waals surface area contributed by atoms with Crippen molar-refractivity contribution in [1.29, 1.82) is 0 Å². The minimum absolute atomic E-state index is 0.0611. The molecule has 1 unspecified atom stereocenters. The number of hydrogen-bond donors (Lipinski definition) is 3. The van der Waals surface area contributed by atoms with Crippen molar-refractivity contribution in [2.75, 3.05) is 4.72 Å². The number of benzene rings is 2. The third-order valence-electron chi connectivity index (χ3n) is 6.22. The Morgan fingerprint density at radius 3 is 2.46 bits per heavy atom. The van der Waals surface area contributed by atoms with Crippen LogP contribution in [0.5, 0.6) is 0 Å². The van der Waals surface area contributed by atoms with E-state index in [4.69, 9.17) is 9.54 Å². The van der Waals surface area contributed by atoms with Crippen LogP contribution < -0.4 is 10.0 Å². The number of aromatic nitrogens is 1. The van der Waals surface area contributed by atoms with Crippen molar-refractivity contribution in [2.45, 2.75) is 51.0 Å². The molecule has 0 saturated heterocycles. The highest BCUT2D eigenvalue weighted by Gasteiger charge is 2.26. The molecule has 0 saturated carbocycles. The summed E-state index contributed by atoms with van der Waals surface area (Å²) in [5.41, 5.74) is 4.26. The summed E-state index contributed by atoms with van der Waals surface area (Å²) in [7, 11) is -4.35. The summed E-state index contributed by atoms with van der Waals surface area (Å²) >= 11 is 1.52. The Morgan fingerprint density at radius 1 is 1.08 bits per heavy atom. The van der Waals surface area contributed by atoms with Gasteiger partial charge < -0.3 is 5.32 Å². The second-order valence-electron chi connectivity index (χ2n) is 9.00. The standard InChI is InChI=1S/C28H31N3O4S2/c1-2-23-19-36-28(29-23)26(18-21-13-15-24(16-14-21)31-37(33,34)35)30-27(32)25(22-11-7-4-8-12-22)17-20-9-5-3-6-10-20/h4-5,7-16,19,25-26,31H,2-3,6,17-18H2,1H3,(H,30,32)(H,33,34,35)/t25?,26-/m0/s1. The minimum atomic E-state index is -4.35. The van der Waals surface area contributed by atoms with Crippen LogP contribution in [-0.4, -0.2) is 23.9 Å². The monoisotopic (exact) mass is 537 g/mol. The van der Waals surface area contributed by atoms with Crippen LogP contribution in [0, 0.1) is 0 Å². The highest BCUT2D eigenvalue weighted by atomic mass is 32.2. The van der Waals surface area contributed by atoms with Crippen LogP contribution in [0.2, 0.25) is 0 Å². The van der Waals surface area contributed by atoms with Gasteiger partial charge >= 0.3 is 10.3 Å². The number of carbonyl (C=O) groups is 1. The summed E-state index contributed by atoms with van der Waals surface area (Å²) in [6.45, 7) is 2.05. The molecule has 1 amide bonds. The number of allylic oxidation sites excluding steroid dienone is 4. The number of nitrogens with one attached hydrogen (secondary N) is 2. The summed E-state index contributed by atoms with van der Waals surface area (Å²) in [4.78, 5) is 18.5. The number of amides is 1. The molecule has 2 atom stereocenters. The second-order valence-corrected chi connectivity index (χ2v) is 11.0. The van der Waals surface area contributed by atoms with Crippen molar-refractivity contribution >= 4 is 33.2 Å². The zero-order valence-electron chi connectivity index (χ0n) is 20.6. The van der Waals surface area contributed by atoms with Crippen LogP contribution >= 0.6 is 11.3 Å². The van der Waals surface area contributed by atoms with Crippen LogP contribution in [0.25, 0.3) is 0 Å². The van der Waals surface area contributed by atoms with Gasteiger partial charge in [-0.3, -0.25) is 14.1 Å². The van der Waals surface area contributed by atoms with Gasteiger partial charge in [-0.1, -0.05) is 73.2 Å². The number of rotatable bonds is 11. The molecule has 3 N–H and O–H groups in total. The molecule has 1 aromatic heterocycles. The third kappa shape index (κ3) is 7.85. The summed E-state index contributed by atoms with van der Waals surface area (Å²) in [5.74, 6) is -0.404. The van der Waals surface area contributed by atoms with E-state index < -0.39 is 10.3 Å². The highest BCUT2D eigenvalue weighted by Crippen LogP contribution is 2.29. The fraction of sp³-hybridized carbons (Fsp3) is 0.286. The molecule has 0 spiro atoms. The van der Waals surface area contributed by atoms with Crippen LogP contribution in [0.4, 0.5) is 5.69 Å². The third-order valence-corrected chi connectivity index (χ3v) is 7.72. The normalized spacial score (nSPS) is 15.0. The van der Waals surface area contributed by atoms with E-state index in [1.807, 2.05) is 47.4 Å². The lowest BCUT2D eigenvalue weighted by Gasteiger charge is -2.23. The van der Waals surface area contributed by atoms with Crippen molar-refractivity contribution in [1.82, 2.24) is 10.3 Å². The Kier molecular flexibility index (Phi) is 8.91. The molecular weight excluding hydrogens is 506 g/mol. The average molecular weight is 538 g/mol. The van der Waals surface area contributed by atoms with Gasteiger partial charge in [-0.05, 0) is 55.4 Å². The largest absolute Gasteiger partial charge is 0.357 e. The molecule has 3 aromatic rings. The molecule has 9 heteroatoms. The predicted molar refractivity (Wildman–Crippen MR) is 148 cm³/mol. The number of aryl methyl sites for hydroxylation is 1. The zero-order chi connectivity index (χ0) is 26.3. The molecular formula is C28H31N3O4S2. The minimum Gasteiger partial charge on any atom is -0.346 e. The summed E-state index contributed by atoms with van der Waals surface area (Å²) in [6.07, 6.45) is 10.4. The lowest BCUT2D eigenvalue weighted by Crippen LogP contribution is -2.34. The summed E-state index contributed by atoms with van der Waals surface area (Å²) in [6, 6.07) is 16.2. The Hall–Kier alpha value is -3.27. The zero-order valence-corrected chi connectivity index (χ0v) is 22.3. The van der Waals surface area contributed by atoms with Crippen LogP contribution in [0.3, 0.4) is 0 Å². The first kappa shape index (κ1) is 26.8. The number of hydrogen-bond acceptors (Lipinski definition) is 5. The van der Waals surface area contributed by atoms with Gasteiger partial charge in [0.1, 0.15) is 5.01 Å². The Morgan fingerprint density at radius 2 is 1.84 bits per heavy atom. The molecule has 0 bridgehead atoms. The van der Waals surface area contributed by atoms with Gasteiger partial charge in [-0.15, -0.1) is 11.3 Å². The fourth-order valence-electron chi connectivity index (χ4n) is 4.31. The van der Waals surface area contributed by atoms with E-state index in [0.29, 0.717) is 12.8 Å². The van der Waals surface area contributed by atoms with Gasteiger partial charge in [0.2, 0.25) is 5.91 Å². The SMILES string of the molecule is CCc1csc([C@H](Cc2ccc(NS(=O)(=O)O)cc2)NC(=O)C(CC2=CCCC=C2)c2ccccc2)n1. The van der Waals surface area contributed by atoms with Gasteiger partial charge in [-0.25, -0.2) is 4.98 Å². The number of thiazole rings is 1. The van der Waals surface area contributed by atoms with Gasteiger partial charge in [-0.2, -0.15) is 8.42 Å². The van der Waals surface area contributed by atoms with Crippen LogP contribution in [0.1, 0.15) is 60.0 Å². The van der Waals surface area contributed by atoms with Crippen molar-refractivity contribution in [3.8, 4) is 0 Å². The number of anilines is 1. The predicted octanol–water partition coefficient (Wildman–Crippen LogP) is 5.77. The maximum absolute atomic E-state index is 13.8. The van der Waals surface area contributed by atoms with Gasteiger partial charge in [0.05, 0.1) is 23.3 Å². The Balaban J connectivity index is 1.58. The van der Waals surface area contributed by atoms with Gasteiger partial charge in [0.15, 0.2) is 0 Å². The topological polar surface area (TPSA) is 108 Å². The van der Waals surface area contributed by atoms with E-state index in [-0.39, 0.29) is 23.6 Å². The molecule has 0 fully saturated rings. The molecule has 1 aliphatic carbocycles. The highest BCUT2D eigenvalue weighted by molar-refractivity contribution is 7.87. The molecule has 1 heterocycles. The molecule has 2 aromatic carbocycles. The Labute approximate surface area is 222 Å². The first-order valence-electron chi connectivity index (χ1n) is 12.3. The van der Waals surface area contributed by atoms with E-state index in [0.717, 1.165) is 46.7 Å². The van der Waals surface area contributed by atoms with Crippen LogP contribution in [-0.2, 0) is 27.9 Å². The lowest BCUT2D eigenvalue weighted by atomic mass is 9.89. The van der Waals surface area contributed by atoms with Crippen LogP contribution in [0.15, 0.2) is 83.8 Å². The maximum atomic E-state index is 13.8. The molecule has 7 nitrogen and oxygen atoms in total. The van der Waals surface area contributed by atoms with Crippen molar-refractivity contribution in [3.05, 3.63) is 106 Å². The number of nitrogens with zero attached hydrogens (tertiary/aromatic N) is 1. The molecule has 4 rings (SSSR count). The first-order valence-corrected chi connectivity index (χ1v) is 14.6. The van der Waals surface area contributed by atoms with E-state index in [9.17, 15) is 13.2 Å². The number of carbonyl (C=O) groups excluding carboxylic acids is 1. The Bertz CT molecular complexity index is 1360. The van der Waals surface area contributed by atoms with E-state index in [1.165, 1.54) is 11.3 Å². The van der Waals surface area contributed by atoms with Crippen molar-refractivity contribution in [3.63, 3.8) is 0 Å². The van der Waals surface area contributed by atoms with Crippen molar-refractivity contribution < 1.29 is 17.8 Å². The fourth-order valence-corrected chi connectivity index (χ4v) is 5.70. The summed E-state index contributed by atoms with van der Waals surface area (Å²) < 4.78 is 33.3.